The highest BCUT2D eigenvalue weighted by Gasteiger charge is 1.99. The molecule has 136 valence electrons. The van der Waals surface area contributed by atoms with Crippen LogP contribution in [0.4, 0.5) is 0 Å². The molecule has 0 saturated carbocycles. The lowest BCUT2D eigenvalue weighted by molar-refractivity contribution is -0.138. The molecule has 0 atom stereocenters. The number of carbonyl (C=O) groups is 2. The summed E-state index contributed by atoms with van der Waals surface area (Å²) in [5, 5.41) is 16.7. The predicted octanol–water partition coefficient (Wildman–Crippen LogP) is 3.55. The molecule has 0 aromatic heterocycles. The summed E-state index contributed by atoms with van der Waals surface area (Å²) in [5.74, 6) is -1.01. The van der Waals surface area contributed by atoms with Gasteiger partial charge in [0.1, 0.15) is 5.75 Å². The number of rotatable bonds is 11. The molecule has 0 aliphatic carbocycles. The van der Waals surface area contributed by atoms with E-state index in [0.29, 0.717) is 5.75 Å². The molecule has 8 heteroatoms. The average Bonchev–Trinajstić information content (AvgIpc) is 2.50. The van der Waals surface area contributed by atoms with Gasteiger partial charge in [-0.05, 0) is 25.0 Å². The Morgan fingerprint density at radius 3 is 1.58 bits per heavy atom. The van der Waals surface area contributed by atoms with Crippen molar-refractivity contribution in [1.29, 1.82) is 0 Å². The maximum atomic E-state index is 10.1. The number of hydrogen-bond acceptors (Lipinski definition) is 5. The van der Waals surface area contributed by atoms with E-state index >= 15 is 0 Å². The molecule has 0 heterocycles. The van der Waals surface area contributed by atoms with Crippen LogP contribution >= 0.6 is 8.60 Å². The summed E-state index contributed by atoms with van der Waals surface area (Å²) < 4.78 is 4.59. The first kappa shape index (κ1) is 22.3. The van der Waals surface area contributed by atoms with Crippen molar-refractivity contribution in [2.45, 2.75) is 51.4 Å². The largest absolute Gasteiger partial charge is 0.481 e. The lowest BCUT2D eigenvalue weighted by Crippen LogP contribution is -1.94. The highest BCUT2D eigenvalue weighted by molar-refractivity contribution is 7.39. The van der Waals surface area contributed by atoms with Gasteiger partial charge in [-0.25, -0.2) is 0 Å². The Balaban J connectivity index is 0.000000463. The van der Waals surface area contributed by atoms with Gasteiger partial charge in [-0.2, -0.15) is 0 Å². The molecule has 24 heavy (non-hydrogen) atoms. The number of unbranched alkanes of at least 4 members (excludes halogenated alkanes) is 5. The van der Waals surface area contributed by atoms with Gasteiger partial charge in [-0.1, -0.05) is 43.9 Å². The van der Waals surface area contributed by atoms with E-state index in [1.54, 1.807) is 24.3 Å². The minimum Gasteiger partial charge on any atom is -0.481 e. The summed E-state index contributed by atoms with van der Waals surface area (Å²) in [6.45, 7) is 0. The molecule has 0 aliphatic rings. The summed E-state index contributed by atoms with van der Waals surface area (Å²) >= 11 is 0. The summed E-state index contributed by atoms with van der Waals surface area (Å²) in [7, 11) is -2.28. The fraction of sp³-hybridized carbons (Fsp3) is 0.500. The molecule has 0 amide bonds. The summed E-state index contributed by atoms with van der Waals surface area (Å²) in [5.41, 5.74) is 0. The number of para-hydroxylation sites is 1. The van der Waals surface area contributed by atoms with Crippen LogP contribution < -0.4 is 4.52 Å². The maximum Gasteiger partial charge on any atom is 0.391 e. The van der Waals surface area contributed by atoms with Gasteiger partial charge in [-0.3, -0.25) is 9.59 Å². The fourth-order valence-electron chi connectivity index (χ4n) is 1.84. The Morgan fingerprint density at radius 2 is 1.21 bits per heavy atom. The van der Waals surface area contributed by atoms with E-state index in [1.165, 1.54) is 0 Å². The van der Waals surface area contributed by atoms with Crippen molar-refractivity contribution in [3.05, 3.63) is 30.3 Å². The van der Waals surface area contributed by atoms with E-state index in [4.69, 9.17) is 20.0 Å². The summed E-state index contributed by atoms with van der Waals surface area (Å²) in [6.07, 6.45) is 5.82. The van der Waals surface area contributed by atoms with Crippen LogP contribution in [-0.2, 0) is 9.59 Å². The molecular formula is C16H25O7P. The van der Waals surface area contributed by atoms with E-state index < -0.39 is 20.5 Å². The molecule has 1 aromatic carbocycles. The molecule has 0 saturated heterocycles. The Bertz CT molecular complexity index is 431. The van der Waals surface area contributed by atoms with Crippen molar-refractivity contribution in [3.63, 3.8) is 0 Å². The summed E-state index contributed by atoms with van der Waals surface area (Å²) in [6, 6.07) is 8.65. The Hall–Kier alpha value is -1.69. The zero-order valence-electron chi connectivity index (χ0n) is 13.5. The van der Waals surface area contributed by atoms with Crippen LogP contribution in [0.25, 0.3) is 0 Å². The van der Waals surface area contributed by atoms with Gasteiger partial charge in [0.15, 0.2) is 0 Å². The van der Waals surface area contributed by atoms with Gasteiger partial charge in [-0.15, -0.1) is 0 Å². The van der Waals surface area contributed by atoms with Crippen LogP contribution in [0.1, 0.15) is 51.4 Å². The quantitative estimate of drug-likeness (QED) is 0.351. The van der Waals surface area contributed by atoms with Gasteiger partial charge >= 0.3 is 20.5 Å². The molecule has 0 fully saturated rings. The van der Waals surface area contributed by atoms with E-state index in [2.05, 4.69) is 4.52 Å². The van der Waals surface area contributed by atoms with Crippen molar-refractivity contribution in [2.75, 3.05) is 0 Å². The van der Waals surface area contributed by atoms with E-state index in [-0.39, 0.29) is 12.8 Å². The number of aliphatic carboxylic acids is 2. The molecule has 1 rings (SSSR count). The lowest BCUT2D eigenvalue weighted by Gasteiger charge is -2.02. The molecule has 0 spiro atoms. The van der Waals surface area contributed by atoms with Gasteiger partial charge in [0.25, 0.3) is 0 Å². The van der Waals surface area contributed by atoms with Crippen molar-refractivity contribution in [2.24, 2.45) is 0 Å². The lowest BCUT2D eigenvalue weighted by atomic mass is 10.1. The summed E-state index contributed by atoms with van der Waals surface area (Å²) in [4.78, 5) is 37.1. The second-order valence-electron chi connectivity index (χ2n) is 5.07. The molecule has 7 nitrogen and oxygen atoms in total. The third-order valence-electron chi connectivity index (χ3n) is 2.96. The van der Waals surface area contributed by atoms with Crippen molar-refractivity contribution < 1.29 is 34.1 Å². The smallest absolute Gasteiger partial charge is 0.391 e. The first-order valence-electron chi connectivity index (χ1n) is 7.76. The van der Waals surface area contributed by atoms with Gasteiger partial charge in [0, 0.05) is 12.8 Å². The van der Waals surface area contributed by atoms with Crippen LogP contribution in [0.3, 0.4) is 0 Å². The normalized spacial score (nSPS) is 9.96. The number of hydrogen-bond donors (Lipinski definition) is 4. The van der Waals surface area contributed by atoms with Gasteiger partial charge < -0.3 is 24.5 Å². The van der Waals surface area contributed by atoms with Crippen LogP contribution in [-0.4, -0.2) is 31.9 Å². The zero-order valence-corrected chi connectivity index (χ0v) is 14.4. The van der Waals surface area contributed by atoms with Gasteiger partial charge in [0.2, 0.25) is 0 Å². The number of carboxylic acids is 2. The Labute approximate surface area is 142 Å². The van der Waals surface area contributed by atoms with E-state index in [1.807, 2.05) is 6.07 Å². The first-order chi connectivity index (χ1) is 11.4. The topological polar surface area (TPSA) is 124 Å². The Morgan fingerprint density at radius 1 is 0.792 bits per heavy atom. The van der Waals surface area contributed by atoms with Crippen LogP contribution in [0.15, 0.2) is 30.3 Å². The molecule has 0 unspecified atom stereocenters. The third-order valence-corrected chi connectivity index (χ3v) is 3.34. The molecule has 0 aliphatic heterocycles. The zero-order chi connectivity index (χ0) is 18.2. The van der Waals surface area contributed by atoms with Crippen LogP contribution in [0.2, 0.25) is 0 Å². The molecule has 1 aromatic rings. The van der Waals surface area contributed by atoms with Crippen LogP contribution in [0.5, 0.6) is 5.75 Å². The number of benzene rings is 1. The second-order valence-corrected chi connectivity index (χ2v) is 5.75. The molecular weight excluding hydrogens is 335 g/mol. The van der Waals surface area contributed by atoms with Crippen LogP contribution in [0, 0.1) is 0 Å². The van der Waals surface area contributed by atoms with Gasteiger partial charge in [0.05, 0.1) is 0 Å². The predicted molar refractivity (Wildman–Crippen MR) is 90.6 cm³/mol. The molecule has 4 N–H and O–H groups in total. The minimum absolute atomic E-state index is 0.245. The molecule has 0 bridgehead atoms. The highest BCUT2D eigenvalue weighted by atomic mass is 31.2. The van der Waals surface area contributed by atoms with Crippen molar-refractivity contribution in [1.82, 2.24) is 0 Å². The SMILES string of the molecule is O=C(O)CCCCCCCCC(=O)O.OP(O)Oc1ccccc1. The highest BCUT2D eigenvalue weighted by Crippen LogP contribution is 2.27. The average molecular weight is 360 g/mol. The van der Waals surface area contributed by atoms with Crippen molar-refractivity contribution in [3.8, 4) is 5.75 Å². The Kier molecular flexibility index (Phi) is 13.8. The standard InChI is InChI=1S/C10H18O4.C6H7O3P/c11-9(12)7-5-3-1-2-4-6-8-10(13)14;7-10(8)9-6-4-2-1-3-5-6/h1-8H2,(H,11,12)(H,13,14);1-5,7-8H. The fourth-order valence-corrected chi connectivity index (χ4v) is 2.15. The van der Waals surface area contributed by atoms with E-state index in [0.717, 1.165) is 38.5 Å². The first-order valence-corrected chi connectivity index (χ1v) is 8.93. The monoisotopic (exact) mass is 360 g/mol. The van der Waals surface area contributed by atoms with E-state index in [9.17, 15) is 9.59 Å². The molecule has 0 radical (unpaired) electrons. The second kappa shape index (κ2) is 14.9. The van der Waals surface area contributed by atoms with Crippen molar-refractivity contribution >= 4 is 20.5 Å². The minimum atomic E-state index is -2.28. The third kappa shape index (κ3) is 16.7. The number of carboxylic acid groups (broad SMARTS) is 2. The maximum absolute atomic E-state index is 10.1.